The number of carbonyl (C=O) groups is 2. The number of hydrogen-bond acceptors (Lipinski definition) is 4. The van der Waals surface area contributed by atoms with Crippen LogP contribution in [-0.4, -0.2) is 25.0 Å². The number of Topliss-reactive ketones (excluding diaryl/α,β-unsaturated/α-hetero) is 1. The van der Waals surface area contributed by atoms with Gasteiger partial charge in [-0.3, -0.25) is 9.59 Å². The summed E-state index contributed by atoms with van der Waals surface area (Å²) in [6, 6.07) is 9.55. The smallest absolute Gasteiger partial charge is 0.319 e. The van der Waals surface area contributed by atoms with Crippen molar-refractivity contribution in [3.8, 4) is 0 Å². The molecule has 2 aliphatic rings. The fourth-order valence-electron chi connectivity index (χ4n) is 3.89. The van der Waals surface area contributed by atoms with Gasteiger partial charge in [0.25, 0.3) is 0 Å². The van der Waals surface area contributed by atoms with Crippen LogP contribution in [0.1, 0.15) is 50.2 Å². The Kier molecular flexibility index (Phi) is 5.11. The van der Waals surface area contributed by atoms with Crippen molar-refractivity contribution in [3.05, 3.63) is 35.9 Å². The fraction of sp³-hybridized carbons (Fsp3) is 0.579. The Bertz CT molecular complexity index is 548. The molecule has 124 valence electrons. The highest BCUT2D eigenvalue weighted by Crippen LogP contribution is 2.40. The molecular formula is C19H24O4. The van der Waals surface area contributed by atoms with Crippen LogP contribution in [0.5, 0.6) is 0 Å². The zero-order chi connectivity index (χ0) is 16.2. The number of carbonyl (C=O) groups excluding carboxylic acids is 2. The highest BCUT2D eigenvalue weighted by Gasteiger charge is 2.45. The number of esters is 1. The number of methoxy groups -OCH3 is 1. The van der Waals surface area contributed by atoms with Crippen molar-refractivity contribution in [2.45, 2.75) is 50.7 Å². The molecule has 1 aliphatic carbocycles. The second-order valence-corrected chi connectivity index (χ2v) is 6.58. The third-order valence-electron chi connectivity index (χ3n) is 5.13. The summed E-state index contributed by atoms with van der Waals surface area (Å²) in [6.07, 6.45) is 5.62. The summed E-state index contributed by atoms with van der Waals surface area (Å²) in [5, 5.41) is 0. The summed E-state index contributed by atoms with van der Waals surface area (Å²) in [6.45, 7) is 0. The van der Waals surface area contributed by atoms with E-state index in [1.807, 2.05) is 30.3 Å². The van der Waals surface area contributed by atoms with Crippen molar-refractivity contribution in [2.75, 3.05) is 7.11 Å². The number of rotatable bonds is 3. The molecule has 4 nitrogen and oxygen atoms in total. The van der Waals surface area contributed by atoms with E-state index in [0.717, 1.165) is 18.4 Å². The maximum absolute atomic E-state index is 12.7. The van der Waals surface area contributed by atoms with Gasteiger partial charge >= 0.3 is 5.97 Å². The molecule has 0 bridgehead atoms. The summed E-state index contributed by atoms with van der Waals surface area (Å²) >= 11 is 0. The van der Waals surface area contributed by atoms with Crippen molar-refractivity contribution < 1.29 is 19.1 Å². The lowest BCUT2D eigenvalue weighted by Crippen LogP contribution is -2.44. The van der Waals surface area contributed by atoms with Crippen LogP contribution in [0, 0.1) is 11.8 Å². The molecule has 1 heterocycles. The van der Waals surface area contributed by atoms with E-state index in [0.29, 0.717) is 12.3 Å². The van der Waals surface area contributed by atoms with Gasteiger partial charge < -0.3 is 9.47 Å². The van der Waals surface area contributed by atoms with E-state index in [9.17, 15) is 9.59 Å². The molecule has 1 saturated carbocycles. The summed E-state index contributed by atoms with van der Waals surface area (Å²) in [4.78, 5) is 24.8. The predicted octanol–water partition coefficient (Wildman–Crippen LogP) is 3.46. The average molecular weight is 316 g/mol. The summed E-state index contributed by atoms with van der Waals surface area (Å²) in [5.74, 6) is -0.960. The van der Waals surface area contributed by atoms with Crippen LogP contribution in [0.3, 0.4) is 0 Å². The summed E-state index contributed by atoms with van der Waals surface area (Å²) in [5.41, 5.74) is 0.872. The largest absolute Gasteiger partial charge is 0.468 e. The number of hydrogen-bond donors (Lipinski definition) is 0. The molecule has 0 amide bonds. The Balaban J connectivity index is 1.85. The van der Waals surface area contributed by atoms with E-state index < -0.39 is 18.0 Å². The minimum absolute atomic E-state index is 0.0486. The van der Waals surface area contributed by atoms with Gasteiger partial charge in [-0.05, 0) is 24.3 Å². The van der Waals surface area contributed by atoms with Gasteiger partial charge in [0.2, 0.25) is 0 Å². The molecule has 4 heteroatoms. The molecule has 3 atom stereocenters. The highest BCUT2D eigenvalue weighted by atomic mass is 16.5. The van der Waals surface area contributed by atoms with Gasteiger partial charge in [-0.15, -0.1) is 0 Å². The van der Waals surface area contributed by atoms with Crippen LogP contribution in [0.4, 0.5) is 0 Å². The van der Waals surface area contributed by atoms with Crippen molar-refractivity contribution in [2.24, 2.45) is 11.8 Å². The Morgan fingerprint density at radius 1 is 1.13 bits per heavy atom. The first-order chi connectivity index (χ1) is 11.2. The van der Waals surface area contributed by atoms with E-state index in [4.69, 9.17) is 9.47 Å². The van der Waals surface area contributed by atoms with E-state index >= 15 is 0 Å². The predicted molar refractivity (Wildman–Crippen MR) is 85.8 cm³/mol. The van der Waals surface area contributed by atoms with E-state index in [2.05, 4.69) is 0 Å². The van der Waals surface area contributed by atoms with Crippen molar-refractivity contribution in [1.29, 1.82) is 0 Å². The molecule has 3 rings (SSSR count). The molecule has 1 aromatic rings. The molecule has 0 unspecified atom stereocenters. The fourth-order valence-corrected chi connectivity index (χ4v) is 3.89. The van der Waals surface area contributed by atoms with Crippen LogP contribution in [0.25, 0.3) is 0 Å². The molecule has 2 fully saturated rings. The monoisotopic (exact) mass is 316 g/mol. The molecule has 1 aromatic carbocycles. The maximum Gasteiger partial charge on any atom is 0.319 e. The molecule has 0 radical (unpaired) electrons. The number of ketones is 1. The average Bonchev–Trinajstić information content (AvgIpc) is 2.62. The molecule has 0 spiro atoms. The first-order valence-corrected chi connectivity index (χ1v) is 8.51. The zero-order valence-electron chi connectivity index (χ0n) is 13.6. The highest BCUT2D eigenvalue weighted by molar-refractivity contribution is 6.00. The molecule has 1 aliphatic heterocycles. The Morgan fingerprint density at radius 2 is 1.83 bits per heavy atom. The standard InChI is InChI=1S/C19H24O4/c1-22-19(21)17-15(20)12-16(13-8-4-2-5-9-13)23-18(17)14-10-6-3-7-11-14/h3,6-7,10-11,13,16-18H,2,4-5,8-9,12H2,1H3/t16-,17+,18-/m1/s1. The second-order valence-electron chi connectivity index (χ2n) is 6.58. The zero-order valence-corrected chi connectivity index (χ0v) is 13.6. The van der Waals surface area contributed by atoms with Gasteiger partial charge in [0.1, 0.15) is 12.0 Å². The Labute approximate surface area is 137 Å². The van der Waals surface area contributed by atoms with E-state index in [-0.39, 0.29) is 11.9 Å². The molecule has 0 N–H and O–H groups in total. The van der Waals surface area contributed by atoms with Crippen LogP contribution in [-0.2, 0) is 19.1 Å². The topological polar surface area (TPSA) is 52.6 Å². The molecule has 23 heavy (non-hydrogen) atoms. The van der Waals surface area contributed by atoms with Crippen molar-refractivity contribution in [1.82, 2.24) is 0 Å². The van der Waals surface area contributed by atoms with Crippen LogP contribution in [0.15, 0.2) is 30.3 Å². The minimum atomic E-state index is -0.845. The lowest BCUT2D eigenvalue weighted by molar-refractivity contribution is -0.172. The molecule has 0 aromatic heterocycles. The van der Waals surface area contributed by atoms with Gasteiger partial charge in [0, 0.05) is 6.42 Å². The number of ether oxygens (including phenoxy) is 2. The third kappa shape index (κ3) is 3.47. The lowest BCUT2D eigenvalue weighted by atomic mass is 9.78. The van der Waals surface area contributed by atoms with E-state index in [1.165, 1.54) is 26.4 Å². The van der Waals surface area contributed by atoms with Crippen molar-refractivity contribution in [3.63, 3.8) is 0 Å². The van der Waals surface area contributed by atoms with Gasteiger partial charge in [-0.1, -0.05) is 49.6 Å². The maximum atomic E-state index is 12.7. The number of benzene rings is 1. The van der Waals surface area contributed by atoms with Gasteiger partial charge in [0.15, 0.2) is 5.78 Å². The summed E-state index contributed by atoms with van der Waals surface area (Å²) in [7, 11) is 1.32. The van der Waals surface area contributed by atoms with Crippen molar-refractivity contribution >= 4 is 11.8 Å². The molecular weight excluding hydrogens is 292 g/mol. The normalized spacial score (nSPS) is 29.3. The summed E-state index contributed by atoms with van der Waals surface area (Å²) < 4.78 is 11.1. The lowest BCUT2D eigenvalue weighted by Gasteiger charge is -2.39. The first-order valence-electron chi connectivity index (χ1n) is 8.51. The second kappa shape index (κ2) is 7.26. The first kappa shape index (κ1) is 16.2. The van der Waals surface area contributed by atoms with Crippen LogP contribution in [0.2, 0.25) is 0 Å². The minimum Gasteiger partial charge on any atom is -0.468 e. The Morgan fingerprint density at radius 3 is 2.48 bits per heavy atom. The van der Waals surface area contributed by atoms with Gasteiger partial charge in [-0.2, -0.15) is 0 Å². The quantitative estimate of drug-likeness (QED) is 0.633. The van der Waals surface area contributed by atoms with Crippen LogP contribution >= 0.6 is 0 Å². The third-order valence-corrected chi connectivity index (χ3v) is 5.13. The van der Waals surface area contributed by atoms with Gasteiger partial charge in [-0.25, -0.2) is 0 Å². The van der Waals surface area contributed by atoms with Crippen LogP contribution < -0.4 is 0 Å². The molecule has 1 saturated heterocycles. The Hall–Kier alpha value is -1.68. The van der Waals surface area contributed by atoms with Gasteiger partial charge in [0.05, 0.1) is 13.2 Å². The SMILES string of the molecule is COC(=O)[C@H]1C(=O)C[C@H](C2CCCCC2)O[C@@H]1c1ccccc1. The van der Waals surface area contributed by atoms with E-state index in [1.54, 1.807) is 0 Å².